The molecule has 0 aliphatic carbocycles. The van der Waals surface area contributed by atoms with Crippen molar-refractivity contribution in [2.75, 3.05) is 17.8 Å². The van der Waals surface area contributed by atoms with E-state index < -0.39 is 17.1 Å². The van der Waals surface area contributed by atoms with Crippen LogP contribution >= 0.6 is 11.8 Å². The van der Waals surface area contributed by atoms with Crippen LogP contribution in [0.3, 0.4) is 0 Å². The summed E-state index contributed by atoms with van der Waals surface area (Å²) >= 11 is 1.31. The van der Waals surface area contributed by atoms with Gasteiger partial charge < -0.3 is 4.74 Å². The topological polar surface area (TPSA) is 29.5 Å². The normalized spacial score (nSPS) is 18.1. The first kappa shape index (κ1) is 16.7. The van der Waals surface area contributed by atoms with Crippen LogP contribution in [0.5, 0.6) is 5.75 Å². The van der Waals surface area contributed by atoms with Gasteiger partial charge in [-0.25, -0.2) is 0 Å². The summed E-state index contributed by atoms with van der Waals surface area (Å²) < 4.78 is 43.9. The minimum absolute atomic E-state index is 0.132. The van der Waals surface area contributed by atoms with Crippen molar-refractivity contribution in [1.29, 1.82) is 0 Å². The fourth-order valence-electron chi connectivity index (χ4n) is 2.56. The monoisotopic (exact) mass is 353 g/mol. The minimum atomic E-state index is -4.41. The number of hydrogen-bond donors (Lipinski definition) is 0. The molecule has 1 atom stereocenters. The van der Waals surface area contributed by atoms with E-state index in [1.165, 1.54) is 29.8 Å². The molecule has 1 fully saturated rings. The predicted octanol–water partition coefficient (Wildman–Crippen LogP) is 4.49. The number of benzene rings is 2. The average molecular weight is 353 g/mol. The van der Waals surface area contributed by atoms with E-state index in [1.807, 2.05) is 0 Å². The Morgan fingerprint density at radius 2 is 1.88 bits per heavy atom. The van der Waals surface area contributed by atoms with Gasteiger partial charge >= 0.3 is 6.18 Å². The zero-order valence-electron chi connectivity index (χ0n) is 12.7. The summed E-state index contributed by atoms with van der Waals surface area (Å²) in [6.07, 6.45) is -4.41. The molecule has 1 saturated heterocycles. The lowest BCUT2D eigenvalue weighted by Crippen LogP contribution is -2.27. The van der Waals surface area contributed by atoms with Crippen LogP contribution in [0.4, 0.5) is 18.9 Å². The number of rotatable bonds is 3. The highest BCUT2D eigenvalue weighted by Gasteiger charge is 2.36. The van der Waals surface area contributed by atoms with Gasteiger partial charge in [0.15, 0.2) is 0 Å². The smallest absolute Gasteiger partial charge is 0.416 e. The molecule has 0 aromatic heterocycles. The summed E-state index contributed by atoms with van der Waals surface area (Å²) in [6.45, 7) is 0. The van der Waals surface area contributed by atoms with Crippen LogP contribution in [0.1, 0.15) is 16.5 Å². The Kier molecular flexibility index (Phi) is 4.45. The first-order chi connectivity index (χ1) is 11.4. The lowest BCUT2D eigenvalue weighted by Gasteiger charge is -2.25. The van der Waals surface area contributed by atoms with E-state index in [9.17, 15) is 18.0 Å². The Balaban J connectivity index is 1.96. The molecule has 24 heavy (non-hydrogen) atoms. The van der Waals surface area contributed by atoms with E-state index in [2.05, 4.69) is 0 Å². The molecule has 0 bridgehead atoms. The largest absolute Gasteiger partial charge is 0.497 e. The maximum absolute atomic E-state index is 12.9. The molecular formula is C17H14F3NO2S. The number of amides is 1. The minimum Gasteiger partial charge on any atom is -0.497 e. The van der Waals surface area contributed by atoms with Gasteiger partial charge in [0.05, 0.1) is 18.4 Å². The maximum Gasteiger partial charge on any atom is 0.416 e. The molecule has 7 heteroatoms. The summed E-state index contributed by atoms with van der Waals surface area (Å²) in [6, 6.07) is 12.0. The van der Waals surface area contributed by atoms with Gasteiger partial charge in [0, 0.05) is 5.69 Å². The van der Waals surface area contributed by atoms with Crippen molar-refractivity contribution in [2.24, 2.45) is 0 Å². The van der Waals surface area contributed by atoms with Gasteiger partial charge in [-0.1, -0.05) is 12.1 Å². The molecule has 0 N–H and O–H groups in total. The Hall–Kier alpha value is -2.15. The number of halogens is 3. The van der Waals surface area contributed by atoms with Gasteiger partial charge in [-0.2, -0.15) is 13.2 Å². The Morgan fingerprint density at radius 3 is 2.50 bits per heavy atom. The van der Waals surface area contributed by atoms with Crippen LogP contribution in [0.2, 0.25) is 0 Å². The number of nitrogens with zero attached hydrogens (tertiary/aromatic N) is 1. The average Bonchev–Trinajstić information content (AvgIpc) is 2.96. The third kappa shape index (κ3) is 3.21. The highest BCUT2D eigenvalue weighted by molar-refractivity contribution is 8.00. The number of thioether (sulfide) groups is 1. The van der Waals surface area contributed by atoms with Crippen LogP contribution in [-0.2, 0) is 11.0 Å². The molecule has 2 aromatic rings. The lowest BCUT2D eigenvalue weighted by molar-refractivity contribution is -0.137. The Bertz CT molecular complexity index is 746. The fourth-order valence-corrected chi connectivity index (χ4v) is 3.73. The van der Waals surface area contributed by atoms with Crippen molar-refractivity contribution >= 4 is 23.4 Å². The number of alkyl halides is 3. The van der Waals surface area contributed by atoms with E-state index in [4.69, 9.17) is 4.74 Å². The van der Waals surface area contributed by atoms with Crippen LogP contribution in [-0.4, -0.2) is 18.8 Å². The van der Waals surface area contributed by atoms with E-state index >= 15 is 0 Å². The molecule has 2 aromatic carbocycles. The van der Waals surface area contributed by atoms with Crippen LogP contribution < -0.4 is 9.64 Å². The second-order valence-corrected chi connectivity index (χ2v) is 6.32. The highest BCUT2D eigenvalue weighted by Crippen LogP contribution is 2.43. The molecule has 3 rings (SSSR count). The Labute approximate surface area is 141 Å². The Morgan fingerprint density at radius 1 is 1.17 bits per heavy atom. The SMILES string of the molecule is COc1ccc(N2C(=O)CSC2c2cccc(C(F)(F)F)c2)cc1. The summed E-state index contributed by atoms with van der Waals surface area (Å²) in [5, 5.41) is -0.479. The van der Waals surface area contributed by atoms with E-state index in [-0.39, 0.29) is 11.7 Å². The van der Waals surface area contributed by atoms with Gasteiger partial charge in [0.25, 0.3) is 0 Å². The van der Waals surface area contributed by atoms with E-state index in [0.717, 1.165) is 12.1 Å². The van der Waals surface area contributed by atoms with Gasteiger partial charge in [-0.3, -0.25) is 9.69 Å². The third-order valence-electron chi connectivity index (χ3n) is 3.72. The van der Waals surface area contributed by atoms with Gasteiger partial charge in [0.1, 0.15) is 11.1 Å². The van der Waals surface area contributed by atoms with Gasteiger partial charge in [-0.15, -0.1) is 11.8 Å². The van der Waals surface area contributed by atoms with Crippen molar-refractivity contribution < 1.29 is 22.7 Å². The first-order valence-electron chi connectivity index (χ1n) is 7.15. The molecule has 1 heterocycles. The number of hydrogen-bond acceptors (Lipinski definition) is 3. The number of ether oxygens (including phenoxy) is 1. The zero-order valence-corrected chi connectivity index (χ0v) is 13.5. The third-order valence-corrected chi connectivity index (χ3v) is 4.93. The van der Waals surface area contributed by atoms with Crippen molar-refractivity contribution in [3.8, 4) is 5.75 Å². The maximum atomic E-state index is 12.9. The van der Waals surface area contributed by atoms with E-state index in [0.29, 0.717) is 17.0 Å². The van der Waals surface area contributed by atoms with Crippen LogP contribution in [0, 0.1) is 0 Å². The second kappa shape index (κ2) is 6.39. The quantitative estimate of drug-likeness (QED) is 0.814. The predicted molar refractivity (Wildman–Crippen MR) is 87.1 cm³/mol. The molecule has 1 aliphatic heterocycles. The summed E-state index contributed by atoms with van der Waals surface area (Å²) in [7, 11) is 1.54. The van der Waals surface area contributed by atoms with Crippen molar-refractivity contribution in [2.45, 2.75) is 11.6 Å². The van der Waals surface area contributed by atoms with Crippen LogP contribution in [0.25, 0.3) is 0 Å². The number of carbonyl (C=O) groups is 1. The highest BCUT2D eigenvalue weighted by atomic mass is 32.2. The summed E-state index contributed by atoms with van der Waals surface area (Å²) in [4.78, 5) is 13.8. The number of anilines is 1. The lowest BCUT2D eigenvalue weighted by atomic mass is 10.1. The van der Waals surface area contributed by atoms with Crippen molar-refractivity contribution in [1.82, 2.24) is 0 Å². The molecule has 1 unspecified atom stereocenters. The van der Waals surface area contributed by atoms with Crippen molar-refractivity contribution in [3.05, 3.63) is 59.7 Å². The van der Waals surface area contributed by atoms with Crippen molar-refractivity contribution in [3.63, 3.8) is 0 Å². The van der Waals surface area contributed by atoms with Gasteiger partial charge in [-0.05, 0) is 42.0 Å². The first-order valence-corrected chi connectivity index (χ1v) is 8.20. The van der Waals surface area contributed by atoms with Crippen LogP contribution in [0.15, 0.2) is 48.5 Å². The summed E-state index contributed by atoms with van der Waals surface area (Å²) in [5.74, 6) is 0.744. The standard InChI is InChI=1S/C17H14F3NO2S/c1-23-14-7-5-13(6-8-14)21-15(22)10-24-16(21)11-3-2-4-12(9-11)17(18,19)20/h2-9,16H,10H2,1H3. The van der Waals surface area contributed by atoms with E-state index in [1.54, 1.807) is 30.3 Å². The number of methoxy groups -OCH3 is 1. The molecule has 1 amide bonds. The van der Waals surface area contributed by atoms with Gasteiger partial charge in [0.2, 0.25) is 5.91 Å². The molecule has 3 nitrogen and oxygen atoms in total. The zero-order chi connectivity index (χ0) is 17.3. The summed E-state index contributed by atoms with van der Waals surface area (Å²) in [5.41, 5.74) is 0.374. The molecule has 0 radical (unpaired) electrons. The molecule has 0 spiro atoms. The molecule has 1 aliphatic rings. The fraction of sp³-hybridized carbons (Fsp3) is 0.235. The molecule has 126 valence electrons. The molecular weight excluding hydrogens is 339 g/mol. The number of carbonyl (C=O) groups excluding carboxylic acids is 1. The second-order valence-electron chi connectivity index (χ2n) is 5.25. The molecule has 0 saturated carbocycles.